The van der Waals surface area contributed by atoms with Crippen LogP contribution in [0.3, 0.4) is 0 Å². The van der Waals surface area contributed by atoms with E-state index in [1.807, 2.05) is 0 Å². The highest BCUT2D eigenvalue weighted by molar-refractivity contribution is 14.1. The summed E-state index contributed by atoms with van der Waals surface area (Å²) >= 11 is 2.32. The number of nitrogens with one attached hydrogen (secondary N) is 1. The molecule has 10 nitrogen and oxygen atoms in total. The molecule has 29 heavy (non-hydrogen) atoms. The molecule has 1 fully saturated rings. The van der Waals surface area contributed by atoms with Crippen molar-refractivity contribution in [2.75, 3.05) is 0 Å². The van der Waals surface area contributed by atoms with Crippen LogP contribution < -0.4 is 4.72 Å². The van der Waals surface area contributed by atoms with E-state index in [1.165, 1.54) is 6.07 Å². The van der Waals surface area contributed by atoms with E-state index in [4.69, 9.17) is 0 Å². The number of hydrogen-bond donors (Lipinski definition) is 1. The molecule has 0 saturated heterocycles. The molecule has 15 heteroatoms. The summed E-state index contributed by atoms with van der Waals surface area (Å²) in [6.45, 7) is 1.73. The molecule has 1 aliphatic carbocycles. The largest absolute Gasteiger partial charge is 0.291 e. The molecule has 4 rings (SSSR count). The van der Waals surface area contributed by atoms with Gasteiger partial charge in [0, 0.05) is 11.6 Å². The Morgan fingerprint density at radius 3 is 2.62 bits per heavy atom. The topological polar surface area (TPSA) is 133 Å². The van der Waals surface area contributed by atoms with E-state index in [1.54, 1.807) is 29.5 Å². The number of non-ortho nitro benzene ring substituents is 1. The number of nitro benzene ring substituents is 1. The van der Waals surface area contributed by atoms with Gasteiger partial charge in [0.25, 0.3) is 12.1 Å². The Labute approximate surface area is 179 Å². The van der Waals surface area contributed by atoms with Crippen LogP contribution >= 0.6 is 33.9 Å². The van der Waals surface area contributed by atoms with Crippen molar-refractivity contribution in [1.82, 2.24) is 24.7 Å². The average molecular weight is 556 g/mol. The first-order valence-corrected chi connectivity index (χ1v) is 11.4. The molecule has 0 radical (unpaired) electrons. The van der Waals surface area contributed by atoms with Gasteiger partial charge in [0.1, 0.15) is 9.09 Å². The normalized spacial score (nSPS) is 15.9. The summed E-state index contributed by atoms with van der Waals surface area (Å²) < 4.78 is 55.1. The lowest BCUT2D eigenvalue weighted by molar-refractivity contribution is -0.383. The van der Waals surface area contributed by atoms with Gasteiger partial charge in [0.2, 0.25) is 15.2 Å². The fourth-order valence-corrected chi connectivity index (χ4v) is 5.61. The van der Waals surface area contributed by atoms with Crippen LogP contribution in [-0.4, -0.2) is 38.9 Å². The van der Waals surface area contributed by atoms with Gasteiger partial charge in [-0.2, -0.15) is 5.10 Å². The van der Waals surface area contributed by atoms with Gasteiger partial charge in [-0.3, -0.25) is 10.1 Å². The number of rotatable bonds is 6. The first-order valence-electron chi connectivity index (χ1n) is 8.03. The molecule has 0 unspecified atom stereocenters. The Morgan fingerprint density at radius 1 is 1.38 bits per heavy atom. The summed E-state index contributed by atoms with van der Waals surface area (Å²) in [5.41, 5.74) is -0.984. The van der Waals surface area contributed by atoms with Crippen molar-refractivity contribution in [3.63, 3.8) is 0 Å². The van der Waals surface area contributed by atoms with Crippen molar-refractivity contribution in [1.29, 1.82) is 0 Å². The Kier molecular flexibility index (Phi) is 4.82. The second-order valence-corrected chi connectivity index (χ2v) is 10.4. The van der Waals surface area contributed by atoms with Crippen LogP contribution in [-0.2, 0) is 10.0 Å². The fraction of sp³-hybridized carbons (Fsp3) is 0.357. The molecule has 1 aromatic carbocycles. The third-order valence-corrected chi connectivity index (χ3v) is 7.66. The molecule has 1 N–H and O–H groups in total. The first-order chi connectivity index (χ1) is 13.5. The van der Waals surface area contributed by atoms with Gasteiger partial charge in [-0.25, -0.2) is 26.6 Å². The third kappa shape index (κ3) is 3.71. The standard InChI is InChI=1S/C14H11F2IN6O4S2/c1-14(2-3-14)21-29(26,27)6-4-7-9(8(5-6)23(24)25)11(17)20-22(7)13-19-18-12(28-13)10(15)16/h4-5,10,21H,2-3H2,1H3. The number of sulfonamides is 1. The lowest BCUT2D eigenvalue weighted by atomic mass is 10.2. The Balaban J connectivity index is 1.94. The van der Waals surface area contributed by atoms with Crippen LogP contribution in [0.25, 0.3) is 16.0 Å². The Hall–Kier alpha value is -1.85. The fourth-order valence-electron chi connectivity index (χ4n) is 2.67. The van der Waals surface area contributed by atoms with E-state index in [0.717, 1.165) is 10.7 Å². The van der Waals surface area contributed by atoms with Gasteiger partial charge in [-0.15, -0.1) is 10.2 Å². The van der Waals surface area contributed by atoms with E-state index in [2.05, 4.69) is 20.0 Å². The molecule has 3 aromatic rings. The molecule has 1 aliphatic rings. The van der Waals surface area contributed by atoms with Gasteiger partial charge >= 0.3 is 0 Å². The number of nitrogens with zero attached hydrogens (tertiary/aromatic N) is 5. The summed E-state index contributed by atoms with van der Waals surface area (Å²) in [5.74, 6) is 0. The number of aromatic nitrogens is 4. The smallest absolute Gasteiger partial charge is 0.258 e. The van der Waals surface area contributed by atoms with Crippen molar-refractivity contribution in [3.8, 4) is 5.13 Å². The first kappa shape index (κ1) is 20.4. The molecule has 2 aromatic heterocycles. The molecular formula is C14H11F2IN6O4S2. The second kappa shape index (κ2) is 6.85. The maximum absolute atomic E-state index is 12.9. The molecule has 0 amide bonds. The van der Waals surface area contributed by atoms with Gasteiger partial charge < -0.3 is 0 Å². The molecule has 0 atom stereocenters. The minimum atomic E-state index is -4.05. The zero-order valence-electron chi connectivity index (χ0n) is 14.5. The zero-order valence-corrected chi connectivity index (χ0v) is 18.3. The van der Waals surface area contributed by atoms with E-state index >= 15 is 0 Å². The van der Waals surface area contributed by atoms with Gasteiger partial charge in [0.05, 0.1) is 15.3 Å². The van der Waals surface area contributed by atoms with Gasteiger partial charge in [0.15, 0.2) is 5.01 Å². The monoisotopic (exact) mass is 556 g/mol. The van der Waals surface area contributed by atoms with Gasteiger partial charge in [-0.1, -0.05) is 11.3 Å². The summed E-state index contributed by atoms with van der Waals surface area (Å²) in [6, 6.07) is 2.18. The van der Waals surface area contributed by atoms with Crippen LogP contribution in [0.2, 0.25) is 0 Å². The lowest BCUT2D eigenvalue weighted by Crippen LogP contribution is -2.34. The number of alkyl halides is 2. The SMILES string of the molecule is CC1(NS(=O)(=O)c2cc([N+](=O)[O-])c3c(I)nn(-c4nnc(C(F)F)s4)c3c2)CC1. The Morgan fingerprint density at radius 2 is 2.07 bits per heavy atom. The van der Waals surface area contributed by atoms with Crippen LogP contribution in [0.4, 0.5) is 14.5 Å². The predicted molar refractivity (Wildman–Crippen MR) is 107 cm³/mol. The molecule has 0 aliphatic heterocycles. The zero-order chi connectivity index (χ0) is 21.1. The summed E-state index contributed by atoms with van der Waals surface area (Å²) in [4.78, 5) is 10.6. The molecule has 0 bridgehead atoms. The molecule has 2 heterocycles. The molecule has 1 saturated carbocycles. The van der Waals surface area contributed by atoms with E-state index in [0.29, 0.717) is 24.2 Å². The third-order valence-electron chi connectivity index (χ3n) is 4.38. The van der Waals surface area contributed by atoms with Crippen LogP contribution in [0.5, 0.6) is 0 Å². The predicted octanol–water partition coefficient (Wildman–Crippen LogP) is 3.16. The molecule has 0 spiro atoms. The number of fused-ring (bicyclic) bond motifs is 1. The highest BCUT2D eigenvalue weighted by Crippen LogP contribution is 2.38. The quantitative estimate of drug-likeness (QED) is 0.280. The number of hydrogen-bond acceptors (Lipinski definition) is 8. The van der Waals surface area contributed by atoms with Crippen LogP contribution in [0, 0.1) is 13.8 Å². The van der Waals surface area contributed by atoms with Crippen molar-refractivity contribution < 1.29 is 22.1 Å². The summed E-state index contributed by atoms with van der Waals surface area (Å²) in [5, 5.41) is 22.3. The molecule has 154 valence electrons. The van der Waals surface area contributed by atoms with Crippen molar-refractivity contribution >= 4 is 60.5 Å². The van der Waals surface area contributed by atoms with Crippen LogP contribution in [0.15, 0.2) is 17.0 Å². The highest BCUT2D eigenvalue weighted by Gasteiger charge is 2.42. The number of nitro groups is 1. The number of halogens is 3. The molecular weight excluding hydrogens is 545 g/mol. The van der Waals surface area contributed by atoms with E-state index < -0.39 is 37.6 Å². The highest BCUT2D eigenvalue weighted by atomic mass is 127. The maximum Gasteiger partial charge on any atom is 0.291 e. The summed E-state index contributed by atoms with van der Waals surface area (Å²) in [6.07, 6.45) is -1.52. The van der Waals surface area contributed by atoms with E-state index in [9.17, 15) is 27.3 Å². The maximum atomic E-state index is 12.9. The van der Waals surface area contributed by atoms with Crippen molar-refractivity contribution in [2.45, 2.75) is 36.6 Å². The van der Waals surface area contributed by atoms with Gasteiger partial charge in [-0.05, 0) is 48.4 Å². The average Bonchev–Trinajstić information content (AvgIpc) is 3.06. The lowest BCUT2D eigenvalue weighted by Gasteiger charge is -2.12. The summed E-state index contributed by atoms with van der Waals surface area (Å²) in [7, 11) is -4.05. The minimum Gasteiger partial charge on any atom is -0.258 e. The van der Waals surface area contributed by atoms with Crippen molar-refractivity contribution in [2.24, 2.45) is 0 Å². The van der Waals surface area contributed by atoms with E-state index in [-0.39, 0.29) is 24.6 Å². The van der Waals surface area contributed by atoms with Crippen molar-refractivity contribution in [3.05, 3.63) is 31.0 Å². The van der Waals surface area contributed by atoms with Crippen LogP contribution in [0.1, 0.15) is 31.2 Å². The Bertz CT molecular complexity index is 1250. The number of benzene rings is 1. The minimum absolute atomic E-state index is 0.0563. The second-order valence-electron chi connectivity index (χ2n) is 6.69.